The van der Waals surface area contributed by atoms with Gasteiger partial charge in [0, 0.05) is 17.7 Å². The van der Waals surface area contributed by atoms with Gasteiger partial charge in [-0.25, -0.2) is 0 Å². The summed E-state index contributed by atoms with van der Waals surface area (Å²) in [6.45, 7) is 3.57. The second-order valence-corrected chi connectivity index (χ2v) is 7.04. The Balaban J connectivity index is 1.81. The van der Waals surface area contributed by atoms with E-state index in [0.29, 0.717) is 23.4 Å². The Labute approximate surface area is 155 Å². The molecule has 3 unspecified atom stereocenters. The first-order valence-corrected chi connectivity index (χ1v) is 8.75. The predicted octanol–water partition coefficient (Wildman–Crippen LogP) is 2.94. The summed E-state index contributed by atoms with van der Waals surface area (Å²) in [4.78, 5) is 12.8. The van der Waals surface area contributed by atoms with Gasteiger partial charge in [-0.3, -0.25) is 9.48 Å². The number of carbonyl (C=O) groups is 1. The maximum atomic E-state index is 12.8. The molecule has 0 fully saturated rings. The van der Waals surface area contributed by atoms with Crippen LogP contribution in [0.25, 0.3) is 0 Å². The molecule has 1 aromatic carbocycles. The second kappa shape index (κ2) is 6.99. The van der Waals surface area contributed by atoms with Crippen molar-refractivity contribution in [2.24, 2.45) is 0 Å². The molecule has 1 aliphatic carbocycles. The average molecular weight is 381 g/mol. The number of rotatable bonds is 4. The van der Waals surface area contributed by atoms with E-state index in [2.05, 4.69) is 10.4 Å². The molecule has 3 atom stereocenters. The van der Waals surface area contributed by atoms with Gasteiger partial charge in [-0.15, -0.1) is 0 Å². The third-order valence-electron chi connectivity index (χ3n) is 5.09. The Morgan fingerprint density at radius 3 is 2.70 bits per heavy atom. The summed E-state index contributed by atoms with van der Waals surface area (Å²) in [5, 5.41) is 17.1. The summed E-state index contributed by atoms with van der Waals surface area (Å²) in [6, 6.07) is 6.96. The lowest BCUT2D eigenvalue weighted by Crippen LogP contribution is -2.36. The number of aliphatic hydroxyl groups is 1. The summed E-state index contributed by atoms with van der Waals surface area (Å²) in [6.07, 6.45) is -4.66. The highest BCUT2D eigenvalue weighted by Gasteiger charge is 2.35. The summed E-state index contributed by atoms with van der Waals surface area (Å²) >= 11 is 0. The van der Waals surface area contributed by atoms with Crippen molar-refractivity contribution in [3.8, 4) is 0 Å². The lowest BCUT2D eigenvalue weighted by atomic mass is 9.97. The monoisotopic (exact) mass is 381 g/mol. The number of alkyl halides is 3. The molecular formula is C19H22F3N3O2. The van der Waals surface area contributed by atoms with Gasteiger partial charge in [0.15, 0.2) is 0 Å². The van der Waals surface area contributed by atoms with E-state index in [-0.39, 0.29) is 5.91 Å². The number of aryl methyl sites for hydroxylation is 1. The summed E-state index contributed by atoms with van der Waals surface area (Å²) in [7, 11) is 0. The number of fused-ring (bicyclic) bond motifs is 1. The summed E-state index contributed by atoms with van der Waals surface area (Å²) in [5.74, 6) is -1.04. The first-order chi connectivity index (χ1) is 12.6. The topological polar surface area (TPSA) is 67.2 Å². The van der Waals surface area contributed by atoms with E-state index in [0.717, 1.165) is 15.8 Å². The molecule has 0 aliphatic heterocycles. The maximum Gasteiger partial charge on any atom is 0.408 e. The van der Waals surface area contributed by atoms with Crippen LogP contribution in [0.15, 0.2) is 24.3 Å². The van der Waals surface area contributed by atoms with Crippen LogP contribution in [-0.2, 0) is 17.8 Å². The third-order valence-corrected chi connectivity index (χ3v) is 5.09. The molecule has 2 aromatic rings. The lowest BCUT2D eigenvalue weighted by Gasteiger charge is -2.21. The van der Waals surface area contributed by atoms with Gasteiger partial charge in [-0.2, -0.15) is 18.3 Å². The average Bonchev–Trinajstić information content (AvgIpc) is 3.02. The van der Waals surface area contributed by atoms with Gasteiger partial charge in [0.2, 0.25) is 5.91 Å². The molecule has 1 heterocycles. The first-order valence-electron chi connectivity index (χ1n) is 8.75. The van der Waals surface area contributed by atoms with Crippen molar-refractivity contribution in [2.75, 3.05) is 0 Å². The molecule has 27 heavy (non-hydrogen) atoms. The van der Waals surface area contributed by atoms with Gasteiger partial charge in [-0.05, 0) is 31.9 Å². The summed E-state index contributed by atoms with van der Waals surface area (Å²) < 4.78 is 39.0. The molecule has 1 amide bonds. The van der Waals surface area contributed by atoms with Crippen molar-refractivity contribution in [1.82, 2.24) is 15.1 Å². The molecule has 0 radical (unpaired) electrons. The molecule has 0 saturated carbocycles. The molecule has 146 valence electrons. The van der Waals surface area contributed by atoms with Crippen LogP contribution < -0.4 is 5.32 Å². The number of halogens is 3. The normalized spacial score (nSPS) is 20.4. The highest BCUT2D eigenvalue weighted by atomic mass is 19.4. The zero-order valence-corrected chi connectivity index (χ0v) is 15.3. The molecular weight excluding hydrogens is 359 g/mol. The maximum absolute atomic E-state index is 12.8. The smallest absolute Gasteiger partial charge is 0.390 e. The number of amides is 1. The SMILES string of the molecule is Cc1nn(CC(F)(F)F)c(C)c1C(C)C(=O)NC1c2ccccc2CC1O. The molecule has 1 aromatic heterocycles. The highest BCUT2D eigenvalue weighted by molar-refractivity contribution is 5.84. The zero-order chi connectivity index (χ0) is 19.9. The van der Waals surface area contributed by atoms with Gasteiger partial charge in [0.1, 0.15) is 6.54 Å². The molecule has 2 N–H and O–H groups in total. The van der Waals surface area contributed by atoms with Crippen LogP contribution in [0.5, 0.6) is 0 Å². The molecule has 0 saturated heterocycles. The second-order valence-electron chi connectivity index (χ2n) is 7.04. The van der Waals surface area contributed by atoms with Gasteiger partial charge in [-0.1, -0.05) is 24.3 Å². The molecule has 8 heteroatoms. The minimum Gasteiger partial charge on any atom is -0.390 e. The van der Waals surface area contributed by atoms with E-state index in [1.165, 1.54) is 6.92 Å². The van der Waals surface area contributed by atoms with Crippen LogP contribution in [0.1, 0.15) is 47.0 Å². The number of nitrogens with one attached hydrogen (secondary N) is 1. The van der Waals surface area contributed by atoms with E-state index in [4.69, 9.17) is 0 Å². The van der Waals surface area contributed by atoms with Gasteiger partial charge >= 0.3 is 6.18 Å². The minimum absolute atomic E-state index is 0.319. The molecule has 0 bridgehead atoms. The third kappa shape index (κ3) is 3.85. The largest absolute Gasteiger partial charge is 0.408 e. The Kier molecular flexibility index (Phi) is 5.03. The van der Waals surface area contributed by atoms with Crippen LogP contribution in [0.3, 0.4) is 0 Å². The van der Waals surface area contributed by atoms with E-state index in [1.54, 1.807) is 13.8 Å². The number of nitrogens with zero attached hydrogens (tertiary/aromatic N) is 2. The van der Waals surface area contributed by atoms with E-state index in [1.807, 2.05) is 24.3 Å². The van der Waals surface area contributed by atoms with Crippen LogP contribution in [0, 0.1) is 13.8 Å². The number of aromatic nitrogens is 2. The number of hydrogen-bond acceptors (Lipinski definition) is 3. The molecule has 1 aliphatic rings. The number of aliphatic hydroxyl groups excluding tert-OH is 1. The van der Waals surface area contributed by atoms with E-state index < -0.39 is 30.8 Å². The minimum atomic E-state index is -4.39. The Hall–Kier alpha value is -2.35. The lowest BCUT2D eigenvalue weighted by molar-refractivity contribution is -0.143. The van der Waals surface area contributed by atoms with E-state index >= 15 is 0 Å². The number of carbonyl (C=O) groups excluding carboxylic acids is 1. The van der Waals surface area contributed by atoms with Crippen LogP contribution in [0.2, 0.25) is 0 Å². The fourth-order valence-electron chi connectivity index (χ4n) is 3.82. The number of hydrogen-bond donors (Lipinski definition) is 2. The highest BCUT2D eigenvalue weighted by Crippen LogP contribution is 2.33. The van der Waals surface area contributed by atoms with Crippen molar-refractivity contribution in [3.05, 3.63) is 52.3 Å². The van der Waals surface area contributed by atoms with Crippen molar-refractivity contribution >= 4 is 5.91 Å². The van der Waals surface area contributed by atoms with Crippen LogP contribution in [-0.4, -0.2) is 33.1 Å². The number of benzene rings is 1. The quantitative estimate of drug-likeness (QED) is 0.856. The van der Waals surface area contributed by atoms with Crippen LogP contribution >= 0.6 is 0 Å². The zero-order valence-electron chi connectivity index (χ0n) is 15.3. The van der Waals surface area contributed by atoms with Crippen molar-refractivity contribution in [2.45, 2.75) is 58.0 Å². The summed E-state index contributed by atoms with van der Waals surface area (Å²) in [5.41, 5.74) is 3.05. The van der Waals surface area contributed by atoms with Crippen molar-refractivity contribution < 1.29 is 23.1 Å². The fourth-order valence-corrected chi connectivity index (χ4v) is 3.82. The standard InChI is InChI=1S/C19H22F3N3O2/c1-10(16-11(2)24-25(12(16)3)9-19(20,21)22)18(27)23-17-14-7-5-4-6-13(14)8-15(17)26/h4-7,10,15,17,26H,8-9H2,1-3H3,(H,23,27). The Bertz CT molecular complexity index is 860. The molecule has 0 spiro atoms. The Morgan fingerprint density at radius 2 is 2.04 bits per heavy atom. The predicted molar refractivity (Wildman–Crippen MR) is 93.2 cm³/mol. The van der Waals surface area contributed by atoms with Gasteiger partial charge in [0.05, 0.1) is 23.8 Å². The Morgan fingerprint density at radius 1 is 1.37 bits per heavy atom. The van der Waals surface area contributed by atoms with Crippen molar-refractivity contribution in [3.63, 3.8) is 0 Å². The van der Waals surface area contributed by atoms with Crippen LogP contribution in [0.4, 0.5) is 13.2 Å². The van der Waals surface area contributed by atoms with Gasteiger partial charge < -0.3 is 10.4 Å². The molecule has 5 nitrogen and oxygen atoms in total. The van der Waals surface area contributed by atoms with Gasteiger partial charge in [0.25, 0.3) is 0 Å². The molecule has 3 rings (SSSR count). The first kappa shape index (κ1) is 19.4. The fraction of sp³-hybridized carbons (Fsp3) is 0.474. The van der Waals surface area contributed by atoms with E-state index in [9.17, 15) is 23.1 Å². The van der Waals surface area contributed by atoms with Crippen molar-refractivity contribution in [1.29, 1.82) is 0 Å².